The first-order chi connectivity index (χ1) is 8.04. The Morgan fingerprint density at radius 3 is 2.71 bits per heavy atom. The molecule has 5 heteroatoms. The largest absolute Gasteiger partial charge is 0.484 e. The predicted molar refractivity (Wildman–Crippen MR) is 64.4 cm³/mol. The summed E-state index contributed by atoms with van der Waals surface area (Å²) >= 11 is 3.20. The summed E-state index contributed by atoms with van der Waals surface area (Å²) < 4.78 is 24.5. The molecule has 1 aromatic heterocycles. The number of rotatable bonds is 3. The van der Waals surface area contributed by atoms with E-state index in [1.165, 1.54) is 12.1 Å². The highest BCUT2D eigenvalue weighted by Gasteiger charge is 2.07. The summed E-state index contributed by atoms with van der Waals surface area (Å²) in [6, 6.07) is 4.37. The van der Waals surface area contributed by atoms with Crippen molar-refractivity contribution in [3.05, 3.63) is 45.8 Å². The topological polar surface area (TPSA) is 35.3 Å². The lowest BCUT2D eigenvalue weighted by Crippen LogP contribution is -1.96. The summed E-state index contributed by atoms with van der Waals surface area (Å²) in [6.07, 6.45) is 0. The van der Waals surface area contributed by atoms with Crippen molar-refractivity contribution in [3.8, 4) is 5.75 Å². The first-order valence-corrected chi connectivity index (χ1v) is 5.85. The number of nitrogens with zero attached hydrogens (tertiary/aromatic N) is 1. The van der Waals surface area contributed by atoms with Gasteiger partial charge in [0.05, 0.1) is 5.69 Å². The van der Waals surface area contributed by atoms with E-state index in [1.807, 2.05) is 13.8 Å². The lowest BCUT2D eigenvalue weighted by Gasteiger charge is -2.04. The number of halogens is 2. The SMILES string of the molecule is Cc1nc(COc2cc(F)cc(Br)c2)oc1C. The van der Waals surface area contributed by atoms with Crippen molar-refractivity contribution in [1.82, 2.24) is 4.98 Å². The summed E-state index contributed by atoms with van der Waals surface area (Å²) in [6.45, 7) is 3.89. The van der Waals surface area contributed by atoms with Gasteiger partial charge in [-0.2, -0.15) is 0 Å². The average Bonchev–Trinajstić information content (AvgIpc) is 2.54. The van der Waals surface area contributed by atoms with E-state index < -0.39 is 0 Å². The van der Waals surface area contributed by atoms with Crippen molar-refractivity contribution in [2.24, 2.45) is 0 Å². The van der Waals surface area contributed by atoms with Crippen LogP contribution in [0.4, 0.5) is 4.39 Å². The third-order valence-electron chi connectivity index (χ3n) is 2.27. The molecule has 0 saturated heterocycles. The smallest absolute Gasteiger partial charge is 0.232 e. The standard InChI is InChI=1S/C12H11BrFNO2/c1-7-8(2)17-12(15-7)6-16-11-4-9(13)3-10(14)5-11/h3-5H,6H2,1-2H3. The number of ether oxygens (including phenoxy) is 1. The van der Waals surface area contributed by atoms with Gasteiger partial charge < -0.3 is 9.15 Å². The Morgan fingerprint density at radius 1 is 1.35 bits per heavy atom. The second-order valence-corrected chi connectivity index (χ2v) is 4.56. The van der Waals surface area contributed by atoms with Gasteiger partial charge >= 0.3 is 0 Å². The van der Waals surface area contributed by atoms with E-state index >= 15 is 0 Å². The highest BCUT2D eigenvalue weighted by atomic mass is 79.9. The fourth-order valence-corrected chi connectivity index (χ4v) is 1.80. The van der Waals surface area contributed by atoms with Crippen LogP contribution in [-0.2, 0) is 6.61 Å². The predicted octanol–water partition coefficient (Wildman–Crippen LogP) is 3.77. The minimum absolute atomic E-state index is 0.185. The molecule has 0 N–H and O–H groups in total. The molecule has 90 valence electrons. The quantitative estimate of drug-likeness (QED) is 0.865. The van der Waals surface area contributed by atoms with E-state index in [4.69, 9.17) is 9.15 Å². The van der Waals surface area contributed by atoms with Gasteiger partial charge in [0.1, 0.15) is 17.3 Å². The fourth-order valence-electron chi connectivity index (χ4n) is 1.36. The molecular formula is C12H11BrFNO2. The molecular weight excluding hydrogens is 289 g/mol. The van der Waals surface area contributed by atoms with Crippen LogP contribution in [0.2, 0.25) is 0 Å². The van der Waals surface area contributed by atoms with Gasteiger partial charge in [-0.3, -0.25) is 0 Å². The Balaban J connectivity index is 2.07. The maximum Gasteiger partial charge on any atom is 0.232 e. The van der Waals surface area contributed by atoms with Crippen molar-refractivity contribution in [3.63, 3.8) is 0 Å². The van der Waals surface area contributed by atoms with Gasteiger partial charge in [0, 0.05) is 10.5 Å². The van der Waals surface area contributed by atoms with Gasteiger partial charge in [-0.25, -0.2) is 9.37 Å². The van der Waals surface area contributed by atoms with Gasteiger partial charge in [0.15, 0.2) is 6.61 Å². The van der Waals surface area contributed by atoms with Crippen molar-refractivity contribution >= 4 is 15.9 Å². The zero-order valence-corrected chi connectivity index (χ0v) is 11.0. The number of oxazole rings is 1. The van der Waals surface area contributed by atoms with Crippen LogP contribution in [0.5, 0.6) is 5.75 Å². The molecule has 1 aromatic carbocycles. The summed E-state index contributed by atoms with van der Waals surface area (Å²) in [7, 11) is 0. The molecule has 0 radical (unpaired) electrons. The van der Waals surface area contributed by atoms with E-state index in [2.05, 4.69) is 20.9 Å². The summed E-state index contributed by atoms with van der Waals surface area (Å²) in [5.41, 5.74) is 0.837. The van der Waals surface area contributed by atoms with Crippen molar-refractivity contribution in [2.45, 2.75) is 20.5 Å². The molecule has 0 atom stereocenters. The first kappa shape index (κ1) is 12.1. The molecule has 1 heterocycles. The number of aromatic nitrogens is 1. The van der Waals surface area contributed by atoms with Crippen molar-refractivity contribution in [1.29, 1.82) is 0 Å². The summed E-state index contributed by atoms with van der Waals surface area (Å²) in [4.78, 5) is 4.17. The van der Waals surface area contributed by atoms with Crippen LogP contribution in [0.1, 0.15) is 17.3 Å². The molecule has 0 fully saturated rings. The third kappa shape index (κ3) is 3.06. The van der Waals surface area contributed by atoms with Crippen LogP contribution in [-0.4, -0.2) is 4.98 Å². The first-order valence-electron chi connectivity index (χ1n) is 5.06. The highest BCUT2D eigenvalue weighted by molar-refractivity contribution is 9.10. The monoisotopic (exact) mass is 299 g/mol. The van der Waals surface area contributed by atoms with Crippen molar-refractivity contribution in [2.75, 3.05) is 0 Å². The van der Waals surface area contributed by atoms with E-state index in [9.17, 15) is 4.39 Å². The maximum absolute atomic E-state index is 13.1. The Hall–Kier alpha value is -1.36. The second-order valence-electron chi connectivity index (χ2n) is 3.64. The van der Waals surface area contributed by atoms with Gasteiger partial charge in [-0.05, 0) is 26.0 Å². The van der Waals surface area contributed by atoms with E-state index in [0.29, 0.717) is 16.1 Å². The number of hydrogen-bond donors (Lipinski definition) is 0. The molecule has 2 rings (SSSR count). The molecule has 3 nitrogen and oxygen atoms in total. The van der Waals surface area contributed by atoms with Gasteiger partial charge in [0.2, 0.25) is 5.89 Å². The Labute approximate surface area is 107 Å². The molecule has 0 aliphatic carbocycles. The molecule has 2 aromatic rings. The number of aryl methyl sites for hydroxylation is 2. The minimum Gasteiger partial charge on any atom is -0.484 e. The normalized spacial score (nSPS) is 10.6. The number of hydrogen-bond acceptors (Lipinski definition) is 3. The zero-order valence-electron chi connectivity index (χ0n) is 9.46. The molecule has 0 aliphatic rings. The van der Waals surface area contributed by atoms with E-state index in [0.717, 1.165) is 11.5 Å². The second kappa shape index (κ2) is 4.87. The lowest BCUT2D eigenvalue weighted by molar-refractivity contribution is 0.259. The Bertz CT molecular complexity index is 500. The Kier molecular flexibility index (Phi) is 3.47. The summed E-state index contributed by atoms with van der Waals surface area (Å²) in [5, 5.41) is 0. The van der Waals surface area contributed by atoms with Crippen molar-refractivity contribution < 1.29 is 13.5 Å². The van der Waals surface area contributed by atoms with Crippen LogP contribution in [0.3, 0.4) is 0 Å². The Morgan fingerprint density at radius 2 is 2.12 bits per heavy atom. The van der Waals surface area contributed by atoms with Crippen LogP contribution in [0.15, 0.2) is 27.1 Å². The molecule has 0 amide bonds. The fraction of sp³-hybridized carbons (Fsp3) is 0.250. The lowest BCUT2D eigenvalue weighted by atomic mass is 10.3. The average molecular weight is 300 g/mol. The summed E-state index contributed by atoms with van der Waals surface area (Å²) in [5.74, 6) is 1.34. The van der Waals surface area contributed by atoms with Crippen LogP contribution >= 0.6 is 15.9 Å². The maximum atomic E-state index is 13.1. The molecule has 0 spiro atoms. The van der Waals surface area contributed by atoms with E-state index in [-0.39, 0.29) is 12.4 Å². The zero-order chi connectivity index (χ0) is 12.4. The van der Waals surface area contributed by atoms with Gasteiger partial charge in [0.25, 0.3) is 0 Å². The highest BCUT2D eigenvalue weighted by Crippen LogP contribution is 2.21. The van der Waals surface area contributed by atoms with Crippen LogP contribution in [0, 0.1) is 19.7 Å². The van der Waals surface area contributed by atoms with Crippen LogP contribution < -0.4 is 4.74 Å². The molecule has 0 bridgehead atoms. The van der Waals surface area contributed by atoms with E-state index in [1.54, 1.807) is 6.07 Å². The minimum atomic E-state index is -0.353. The molecule has 0 saturated carbocycles. The number of benzene rings is 1. The van der Waals surface area contributed by atoms with Crippen LogP contribution in [0.25, 0.3) is 0 Å². The van der Waals surface area contributed by atoms with Gasteiger partial charge in [-0.1, -0.05) is 15.9 Å². The molecule has 0 unspecified atom stereocenters. The molecule has 0 aliphatic heterocycles. The third-order valence-corrected chi connectivity index (χ3v) is 2.73. The van der Waals surface area contributed by atoms with Gasteiger partial charge in [-0.15, -0.1) is 0 Å². The molecule has 17 heavy (non-hydrogen) atoms.